The highest BCUT2D eigenvalue weighted by atomic mass is 16.6. The summed E-state index contributed by atoms with van der Waals surface area (Å²) in [5.74, 6) is 0.995. The maximum absolute atomic E-state index is 10.7. The van der Waals surface area contributed by atoms with Gasteiger partial charge in [0.05, 0.1) is 11.0 Å². The molecule has 2 rings (SSSR count). The van der Waals surface area contributed by atoms with Crippen LogP contribution in [0.15, 0.2) is 18.3 Å². The number of nitrogens with two attached hydrogens (primary N) is 1. The van der Waals surface area contributed by atoms with E-state index in [-0.39, 0.29) is 11.7 Å². The maximum atomic E-state index is 10.7. The zero-order valence-corrected chi connectivity index (χ0v) is 10.2. The molecule has 6 nitrogen and oxygen atoms in total. The summed E-state index contributed by atoms with van der Waals surface area (Å²) in [4.78, 5) is 14.4. The van der Waals surface area contributed by atoms with Crippen LogP contribution in [0, 0.1) is 16.0 Å². The van der Waals surface area contributed by atoms with Crippen molar-refractivity contribution in [2.45, 2.75) is 31.7 Å². The Morgan fingerprint density at radius 1 is 1.50 bits per heavy atom. The summed E-state index contributed by atoms with van der Waals surface area (Å²) in [7, 11) is 0. The van der Waals surface area contributed by atoms with Crippen molar-refractivity contribution in [3.8, 4) is 0 Å². The van der Waals surface area contributed by atoms with Crippen LogP contribution in [0.1, 0.15) is 25.7 Å². The molecule has 0 saturated heterocycles. The maximum Gasteiger partial charge on any atom is 0.274 e. The molecular weight excluding hydrogens is 232 g/mol. The number of nitrogens with zero attached hydrogens (tertiary/aromatic N) is 2. The first-order chi connectivity index (χ1) is 8.70. The van der Waals surface area contributed by atoms with Gasteiger partial charge in [0.15, 0.2) is 0 Å². The fourth-order valence-electron chi connectivity index (χ4n) is 2.48. The Labute approximate surface area is 106 Å². The van der Waals surface area contributed by atoms with Crippen molar-refractivity contribution < 1.29 is 4.92 Å². The van der Waals surface area contributed by atoms with Gasteiger partial charge < -0.3 is 11.1 Å². The number of aromatic nitrogens is 1. The van der Waals surface area contributed by atoms with Crippen LogP contribution in [-0.4, -0.2) is 22.5 Å². The van der Waals surface area contributed by atoms with Crippen molar-refractivity contribution in [3.63, 3.8) is 0 Å². The van der Waals surface area contributed by atoms with E-state index in [0.717, 1.165) is 12.8 Å². The van der Waals surface area contributed by atoms with E-state index in [2.05, 4.69) is 10.3 Å². The third-order valence-electron chi connectivity index (χ3n) is 3.50. The minimum absolute atomic E-state index is 0.0626. The molecule has 2 atom stereocenters. The number of hydrogen-bond donors (Lipinski definition) is 2. The van der Waals surface area contributed by atoms with Gasteiger partial charge in [0, 0.05) is 18.3 Å². The molecule has 1 heterocycles. The minimum atomic E-state index is -0.409. The average molecular weight is 250 g/mol. The molecule has 0 radical (unpaired) electrons. The fraction of sp³-hybridized carbons (Fsp3) is 0.583. The summed E-state index contributed by atoms with van der Waals surface area (Å²) in [6, 6.07) is 3.15. The second-order valence-corrected chi connectivity index (χ2v) is 4.69. The van der Waals surface area contributed by atoms with Crippen molar-refractivity contribution in [1.29, 1.82) is 0 Å². The molecule has 0 amide bonds. The molecule has 1 aliphatic carbocycles. The fourth-order valence-corrected chi connectivity index (χ4v) is 2.48. The smallest absolute Gasteiger partial charge is 0.274 e. The van der Waals surface area contributed by atoms with Gasteiger partial charge in [0.2, 0.25) is 0 Å². The van der Waals surface area contributed by atoms with E-state index in [1.165, 1.54) is 31.2 Å². The van der Waals surface area contributed by atoms with Gasteiger partial charge >= 0.3 is 0 Å². The van der Waals surface area contributed by atoms with Gasteiger partial charge in [0.25, 0.3) is 5.69 Å². The van der Waals surface area contributed by atoms with Crippen LogP contribution in [0.5, 0.6) is 0 Å². The molecule has 1 aromatic heterocycles. The standard InChI is InChI=1S/C12H18N4O2/c13-8-9-3-1-2-4-11(9)15-12-7-10(16(17)18)5-6-14-12/h5-7,9,11H,1-4,8,13H2,(H,14,15). The first kappa shape index (κ1) is 12.8. The molecule has 98 valence electrons. The van der Waals surface area contributed by atoms with Gasteiger partial charge in [-0.05, 0) is 25.3 Å². The van der Waals surface area contributed by atoms with Crippen molar-refractivity contribution in [2.24, 2.45) is 11.7 Å². The van der Waals surface area contributed by atoms with Crippen LogP contribution in [-0.2, 0) is 0 Å². The number of rotatable bonds is 4. The highest BCUT2D eigenvalue weighted by Gasteiger charge is 2.24. The average Bonchev–Trinajstić information content (AvgIpc) is 2.39. The lowest BCUT2D eigenvalue weighted by Crippen LogP contribution is -2.36. The zero-order chi connectivity index (χ0) is 13.0. The second kappa shape index (κ2) is 5.77. The Hall–Kier alpha value is -1.69. The minimum Gasteiger partial charge on any atom is -0.367 e. The van der Waals surface area contributed by atoms with Gasteiger partial charge in [-0.3, -0.25) is 10.1 Å². The highest BCUT2D eigenvalue weighted by molar-refractivity contribution is 5.45. The molecule has 3 N–H and O–H groups in total. The van der Waals surface area contributed by atoms with Gasteiger partial charge in [-0.1, -0.05) is 12.8 Å². The molecule has 1 aromatic rings. The van der Waals surface area contributed by atoms with Crippen molar-refractivity contribution in [1.82, 2.24) is 4.98 Å². The van der Waals surface area contributed by atoms with Crippen LogP contribution in [0.3, 0.4) is 0 Å². The van der Waals surface area contributed by atoms with Crippen molar-refractivity contribution in [3.05, 3.63) is 28.4 Å². The van der Waals surface area contributed by atoms with Crippen LogP contribution in [0.2, 0.25) is 0 Å². The Balaban J connectivity index is 2.07. The van der Waals surface area contributed by atoms with Crippen LogP contribution >= 0.6 is 0 Å². The summed E-state index contributed by atoms with van der Waals surface area (Å²) in [6.45, 7) is 0.645. The second-order valence-electron chi connectivity index (χ2n) is 4.69. The van der Waals surface area contributed by atoms with E-state index in [1.807, 2.05) is 0 Å². The van der Waals surface area contributed by atoms with Crippen LogP contribution in [0.25, 0.3) is 0 Å². The molecule has 0 bridgehead atoms. The molecule has 1 saturated carbocycles. The van der Waals surface area contributed by atoms with Crippen molar-refractivity contribution in [2.75, 3.05) is 11.9 Å². The molecule has 0 aromatic carbocycles. The van der Waals surface area contributed by atoms with E-state index >= 15 is 0 Å². The molecule has 0 spiro atoms. The molecular formula is C12H18N4O2. The summed E-state index contributed by atoms with van der Waals surface area (Å²) in [6.07, 6.45) is 6.00. The molecule has 0 aliphatic heterocycles. The van der Waals surface area contributed by atoms with E-state index in [4.69, 9.17) is 5.73 Å². The predicted molar refractivity (Wildman–Crippen MR) is 69.3 cm³/mol. The lowest BCUT2D eigenvalue weighted by molar-refractivity contribution is -0.384. The number of nitrogens with one attached hydrogen (secondary N) is 1. The Morgan fingerprint density at radius 2 is 2.28 bits per heavy atom. The monoisotopic (exact) mass is 250 g/mol. The van der Waals surface area contributed by atoms with Crippen molar-refractivity contribution >= 4 is 11.5 Å². The molecule has 6 heteroatoms. The van der Waals surface area contributed by atoms with Gasteiger partial charge in [0.1, 0.15) is 5.82 Å². The first-order valence-corrected chi connectivity index (χ1v) is 6.27. The van der Waals surface area contributed by atoms with E-state index < -0.39 is 4.92 Å². The Bertz CT molecular complexity index is 424. The third-order valence-corrected chi connectivity index (χ3v) is 3.50. The lowest BCUT2D eigenvalue weighted by atomic mass is 9.84. The normalized spacial score (nSPS) is 23.6. The van der Waals surface area contributed by atoms with Gasteiger partial charge in [-0.2, -0.15) is 0 Å². The number of nitro groups is 1. The Morgan fingerprint density at radius 3 is 3.00 bits per heavy atom. The molecule has 1 fully saturated rings. The van der Waals surface area contributed by atoms with Crippen LogP contribution in [0.4, 0.5) is 11.5 Å². The SMILES string of the molecule is NCC1CCCCC1Nc1cc([N+](=O)[O-])ccn1. The Kier molecular flexibility index (Phi) is 4.09. The summed E-state index contributed by atoms with van der Waals surface area (Å²) < 4.78 is 0. The predicted octanol–water partition coefficient (Wildman–Crippen LogP) is 1.92. The zero-order valence-electron chi connectivity index (χ0n) is 10.2. The van der Waals surface area contributed by atoms with Gasteiger partial charge in [-0.15, -0.1) is 0 Å². The van der Waals surface area contributed by atoms with E-state index in [1.54, 1.807) is 0 Å². The summed E-state index contributed by atoms with van der Waals surface area (Å²) in [5.41, 5.74) is 5.82. The summed E-state index contributed by atoms with van der Waals surface area (Å²) in [5, 5.41) is 14.0. The molecule has 2 unspecified atom stereocenters. The quantitative estimate of drug-likeness (QED) is 0.629. The van der Waals surface area contributed by atoms with E-state index in [0.29, 0.717) is 18.3 Å². The molecule has 1 aliphatic rings. The first-order valence-electron chi connectivity index (χ1n) is 6.27. The summed E-state index contributed by atoms with van der Waals surface area (Å²) >= 11 is 0. The number of anilines is 1. The van der Waals surface area contributed by atoms with E-state index in [9.17, 15) is 10.1 Å². The van der Waals surface area contributed by atoms with Gasteiger partial charge in [-0.25, -0.2) is 4.98 Å². The largest absolute Gasteiger partial charge is 0.367 e. The topological polar surface area (TPSA) is 94.1 Å². The third kappa shape index (κ3) is 2.95. The lowest BCUT2D eigenvalue weighted by Gasteiger charge is -2.31. The highest BCUT2D eigenvalue weighted by Crippen LogP contribution is 2.26. The number of hydrogen-bond acceptors (Lipinski definition) is 5. The molecule has 18 heavy (non-hydrogen) atoms. The van der Waals surface area contributed by atoms with Crippen LogP contribution < -0.4 is 11.1 Å². The number of pyridine rings is 1.